The van der Waals surface area contributed by atoms with Crippen LogP contribution in [-0.4, -0.2) is 45.3 Å². The lowest BCUT2D eigenvalue weighted by molar-refractivity contribution is -0.0220. The number of aryl methyl sites for hydroxylation is 2. The van der Waals surface area contributed by atoms with Crippen molar-refractivity contribution in [2.24, 2.45) is 4.99 Å². The third-order valence-electron chi connectivity index (χ3n) is 6.35. The highest BCUT2D eigenvalue weighted by Gasteiger charge is 2.34. The number of anilines is 2. The number of rotatable bonds is 2. The number of hydrogen-bond acceptors (Lipinski definition) is 4. The van der Waals surface area contributed by atoms with Gasteiger partial charge in [-0.2, -0.15) is 0 Å². The van der Waals surface area contributed by atoms with Crippen molar-refractivity contribution in [3.8, 4) is 0 Å². The van der Waals surface area contributed by atoms with Crippen molar-refractivity contribution in [1.29, 1.82) is 0 Å². The number of nitrogens with zero attached hydrogens (tertiary/aromatic N) is 3. The molecule has 1 unspecified atom stereocenters. The van der Waals surface area contributed by atoms with Gasteiger partial charge < -0.3 is 14.5 Å². The Hall–Kier alpha value is -1.26. The summed E-state index contributed by atoms with van der Waals surface area (Å²) in [5.74, 6) is -2.53. The van der Waals surface area contributed by atoms with Crippen LogP contribution in [-0.2, 0) is 4.74 Å². The second-order valence-corrected chi connectivity index (χ2v) is 12.6. The number of alkyl halides is 2. The van der Waals surface area contributed by atoms with Gasteiger partial charge in [-0.15, -0.1) is 0 Å². The van der Waals surface area contributed by atoms with E-state index >= 15 is 0 Å². The van der Waals surface area contributed by atoms with Crippen LogP contribution in [0.3, 0.4) is 0 Å². The van der Waals surface area contributed by atoms with Gasteiger partial charge >= 0.3 is 0 Å². The molecule has 31 heavy (non-hydrogen) atoms. The lowest BCUT2D eigenvalue weighted by atomic mass is 10.1. The summed E-state index contributed by atoms with van der Waals surface area (Å²) in [5.41, 5.74) is 5.66. The molecule has 0 N–H and O–H groups in total. The van der Waals surface area contributed by atoms with E-state index in [1.807, 2.05) is 0 Å². The SMILES string of the molecule is Cc1cc(N2CCOCC2)cc2c1N=c1c(C)cc(N3CCC(F)(F)CC3)cc1=S2I. The summed E-state index contributed by atoms with van der Waals surface area (Å²) >= 11 is 2.54. The molecule has 1 atom stereocenters. The zero-order chi connectivity index (χ0) is 21.8. The van der Waals surface area contributed by atoms with Gasteiger partial charge in [-0.05, 0) is 70.4 Å². The molecular weight excluding hydrogens is 531 g/mol. The van der Waals surface area contributed by atoms with Crippen LogP contribution in [0.5, 0.6) is 0 Å². The lowest BCUT2D eigenvalue weighted by Gasteiger charge is -2.33. The van der Waals surface area contributed by atoms with Crippen LogP contribution < -0.4 is 15.2 Å². The van der Waals surface area contributed by atoms with Crippen LogP contribution in [0.15, 0.2) is 34.2 Å². The first-order chi connectivity index (χ1) is 14.8. The Morgan fingerprint density at radius 2 is 1.55 bits per heavy atom. The van der Waals surface area contributed by atoms with E-state index in [0.717, 1.165) is 48.6 Å². The van der Waals surface area contributed by atoms with Gasteiger partial charge in [0.25, 0.3) is 5.92 Å². The molecule has 3 aliphatic heterocycles. The van der Waals surface area contributed by atoms with E-state index in [4.69, 9.17) is 9.73 Å². The van der Waals surface area contributed by atoms with Crippen LogP contribution in [0.4, 0.5) is 25.8 Å². The van der Waals surface area contributed by atoms with E-state index in [2.05, 4.69) is 69.1 Å². The molecule has 0 bridgehead atoms. The highest BCUT2D eigenvalue weighted by molar-refractivity contribution is 14.2. The summed E-state index contributed by atoms with van der Waals surface area (Å²) in [6, 6.07) is 8.83. The predicted molar refractivity (Wildman–Crippen MR) is 131 cm³/mol. The molecule has 0 saturated carbocycles. The van der Waals surface area contributed by atoms with Crippen molar-refractivity contribution in [3.63, 3.8) is 0 Å². The van der Waals surface area contributed by atoms with Crippen LogP contribution in [0.2, 0.25) is 0 Å². The molecule has 5 rings (SSSR count). The van der Waals surface area contributed by atoms with E-state index in [1.54, 1.807) is 0 Å². The number of ether oxygens (including phenoxy) is 1. The van der Waals surface area contributed by atoms with E-state index in [-0.39, 0.29) is 20.5 Å². The molecule has 2 fully saturated rings. The monoisotopic (exact) mass is 557 g/mol. The Balaban J connectivity index is 1.59. The molecule has 0 spiro atoms. The minimum atomic E-state index is -2.53. The first-order valence-electron chi connectivity index (χ1n) is 10.7. The second kappa shape index (κ2) is 8.26. The normalized spacial score (nSPS) is 22.5. The van der Waals surface area contributed by atoms with Crippen molar-refractivity contribution >= 4 is 45.9 Å². The molecular formula is C23H26F2IN3OS. The fourth-order valence-corrected chi connectivity index (χ4v) is 7.98. The number of hydrogen-bond donors (Lipinski definition) is 0. The van der Waals surface area contributed by atoms with Crippen molar-refractivity contribution in [1.82, 2.24) is 0 Å². The van der Waals surface area contributed by atoms with Crippen LogP contribution >= 0.6 is 28.9 Å². The van der Waals surface area contributed by atoms with Crippen molar-refractivity contribution < 1.29 is 13.5 Å². The number of morpholine rings is 1. The topological polar surface area (TPSA) is 28.1 Å². The summed E-state index contributed by atoms with van der Waals surface area (Å²) in [4.78, 5) is 10.8. The van der Waals surface area contributed by atoms with E-state index < -0.39 is 5.92 Å². The van der Waals surface area contributed by atoms with E-state index in [1.165, 1.54) is 20.7 Å². The lowest BCUT2D eigenvalue weighted by Crippen LogP contribution is -2.39. The Kier molecular flexibility index (Phi) is 5.75. The smallest absolute Gasteiger partial charge is 0.251 e. The highest BCUT2D eigenvalue weighted by Crippen LogP contribution is 2.48. The number of halogens is 3. The standard InChI is InChI=1S/C23H26F2IN3OS/c1-15-11-17(28-5-3-23(24,25)4-6-28)13-19-21(15)27-22-16(2)12-18(14-20(22)31(19)26)29-7-9-30-10-8-29/h11-14H,3-10H2,1-2H3. The summed E-state index contributed by atoms with van der Waals surface area (Å²) < 4.78 is 34.0. The minimum Gasteiger partial charge on any atom is -0.378 e. The van der Waals surface area contributed by atoms with Crippen molar-refractivity contribution in [2.45, 2.75) is 37.5 Å². The van der Waals surface area contributed by atoms with Crippen molar-refractivity contribution in [3.05, 3.63) is 45.3 Å². The van der Waals surface area contributed by atoms with Gasteiger partial charge in [0, 0.05) is 59.8 Å². The zero-order valence-corrected chi connectivity index (χ0v) is 20.7. The molecule has 0 aromatic heterocycles. The molecule has 8 heteroatoms. The molecule has 0 radical (unpaired) electrons. The Morgan fingerprint density at radius 3 is 2.26 bits per heavy atom. The summed E-state index contributed by atoms with van der Waals surface area (Å²) in [6.45, 7) is 8.35. The average molecular weight is 557 g/mol. The first-order valence-corrected chi connectivity index (χ1v) is 14.5. The highest BCUT2D eigenvalue weighted by atomic mass is 127. The van der Waals surface area contributed by atoms with Gasteiger partial charge in [-0.25, -0.2) is 13.8 Å². The van der Waals surface area contributed by atoms with Gasteiger partial charge in [0.2, 0.25) is 0 Å². The average Bonchev–Trinajstić information content (AvgIpc) is 2.75. The number of fused-ring (bicyclic) bond motifs is 2. The molecule has 3 aliphatic rings. The maximum Gasteiger partial charge on any atom is 0.251 e. The minimum absolute atomic E-state index is 0.0750. The molecule has 4 nitrogen and oxygen atoms in total. The molecule has 2 saturated heterocycles. The van der Waals surface area contributed by atoms with Crippen molar-refractivity contribution in [2.75, 3.05) is 49.2 Å². The Bertz CT molecular complexity index is 1150. The summed E-state index contributed by atoms with van der Waals surface area (Å²) in [7, 11) is -0.162. The van der Waals surface area contributed by atoms with E-state index in [9.17, 15) is 8.78 Å². The summed E-state index contributed by atoms with van der Waals surface area (Å²) in [6.07, 6.45) is -0.150. The Morgan fingerprint density at radius 1 is 0.935 bits per heavy atom. The van der Waals surface area contributed by atoms with Gasteiger partial charge in [0.15, 0.2) is 0 Å². The van der Waals surface area contributed by atoms with Crippen LogP contribution in [0.25, 0.3) is 0 Å². The van der Waals surface area contributed by atoms with Crippen LogP contribution in [0, 0.1) is 18.4 Å². The molecule has 166 valence electrons. The van der Waals surface area contributed by atoms with Gasteiger partial charge in [0.1, 0.15) is 0 Å². The molecule has 3 heterocycles. The largest absolute Gasteiger partial charge is 0.378 e. The fourth-order valence-electron chi connectivity index (χ4n) is 4.53. The first kappa shape index (κ1) is 21.6. The summed E-state index contributed by atoms with van der Waals surface area (Å²) in [5, 5.41) is 1.04. The number of piperidine rings is 1. The van der Waals surface area contributed by atoms with Crippen LogP contribution in [0.1, 0.15) is 24.0 Å². The molecule has 2 aromatic carbocycles. The van der Waals surface area contributed by atoms with Gasteiger partial charge in [-0.3, -0.25) is 0 Å². The quantitative estimate of drug-likeness (QED) is 0.357. The third-order valence-corrected chi connectivity index (χ3v) is 10.6. The molecule has 2 aromatic rings. The fraction of sp³-hybridized carbons (Fsp3) is 0.478. The molecule has 0 amide bonds. The van der Waals surface area contributed by atoms with Gasteiger partial charge in [-0.1, -0.05) is 7.66 Å². The zero-order valence-electron chi connectivity index (χ0n) is 17.8. The molecule has 0 aliphatic carbocycles. The van der Waals surface area contributed by atoms with Gasteiger partial charge in [0.05, 0.1) is 24.3 Å². The second-order valence-electron chi connectivity index (χ2n) is 8.53. The maximum atomic E-state index is 13.6. The van der Waals surface area contributed by atoms with E-state index in [0.29, 0.717) is 13.1 Å². The third kappa shape index (κ3) is 4.11. The number of benzene rings is 2. The predicted octanol–water partition coefficient (Wildman–Crippen LogP) is 5.57. The maximum absolute atomic E-state index is 13.6. The Labute approximate surface area is 195 Å².